The van der Waals surface area contributed by atoms with Crippen LogP contribution < -0.4 is 9.46 Å². The van der Waals surface area contributed by atoms with E-state index in [2.05, 4.69) is 17.5 Å². The molecule has 0 unspecified atom stereocenters. The van der Waals surface area contributed by atoms with Gasteiger partial charge in [-0.15, -0.1) is 0 Å². The van der Waals surface area contributed by atoms with Gasteiger partial charge in [-0.1, -0.05) is 30.5 Å². The van der Waals surface area contributed by atoms with E-state index in [1.807, 2.05) is 18.2 Å². The molecule has 1 aromatic rings. The molecular formula is C11H14ClNOS. The van der Waals surface area contributed by atoms with E-state index >= 15 is 0 Å². The van der Waals surface area contributed by atoms with Gasteiger partial charge in [-0.05, 0) is 36.5 Å². The molecule has 0 aliphatic heterocycles. The summed E-state index contributed by atoms with van der Waals surface area (Å²) in [5.41, 5.74) is 1.13. The summed E-state index contributed by atoms with van der Waals surface area (Å²) >= 11 is 10.00. The van der Waals surface area contributed by atoms with Crippen molar-refractivity contribution >= 4 is 24.4 Å². The lowest BCUT2D eigenvalue weighted by atomic mass is 10.2. The number of thiol groups is 1. The average Bonchev–Trinajstić information content (AvgIpc) is 3.03. The Labute approximate surface area is 101 Å². The maximum Gasteiger partial charge on any atom is 0.138 e. The molecule has 0 aromatic heterocycles. The molecule has 1 aliphatic carbocycles. The van der Waals surface area contributed by atoms with Crippen LogP contribution in [-0.2, 0) is 6.54 Å². The molecule has 15 heavy (non-hydrogen) atoms. The van der Waals surface area contributed by atoms with Crippen LogP contribution >= 0.6 is 24.4 Å². The van der Waals surface area contributed by atoms with Crippen LogP contribution in [0.25, 0.3) is 0 Å². The first-order valence-electron chi connectivity index (χ1n) is 5.08. The zero-order valence-corrected chi connectivity index (χ0v) is 10.0. The maximum atomic E-state index is 6.04. The first-order valence-corrected chi connectivity index (χ1v) is 5.90. The Morgan fingerprint density at radius 2 is 2.27 bits per heavy atom. The predicted octanol–water partition coefficient (Wildman–Crippen LogP) is 3.06. The van der Waals surface area contributed by atoms with Crippen LogP contribution in [0.3, 0.4) is 0 Å². The van der Waals surface area contributed by atoms with Crippen LogP contribution in [0.15, 0.2) is 18.2 Å². The van der Waals surface area contributed by atoms with Gasteiger partial charge in [0.25, 0.3) is 0 Å². The zero-order valence-electron chi connectivity index (χ0n) is 8.37. The van der Waals surface area contributed by atoms with Crippen LogP contribution in [0.4, 0.5) is 0 Å². The van der Waals surface area contributed by atoms with E-state index in [0.29, 0.717) is 11.6 Å². The summed E-state index contributed by atoms with van der Waals surface area (Å²) in [5, 5.41) is 0.679. The van der Waals surface area contributed by atoms with E-state index in [1.54, 1.807) is 0 Å². The van der Waals surface area contributed by atoms with Crippen LogP contribution in [0.5, 0.6) is 5.75 Å². The number of rotatable bonds is 5. The third-order valence-electron chi connectivity index (χ3n) is 2.45. The molecule has 2 rings (SSSR count). The molecule has 0 spiro atoms. The largest absolute Gasteiger partial charge is 0.492 e. The van der Waals surface area contributed by atoms with Gasteiger partial charge in [0, 0.05) is 6.54 Å². The average molecular weight is 244 g/mol. The molecule has 0 atom stereocenters. The van der Waals surface area contributed by atoms with E-state index in [4.69, 9.17) is 16.3 Å². The van der Waals surface area contributed by atoms with Crippen molar-refractivity contribution in [2.24, 2.45) is 5.92 Å². The molecule has 1 N–H and O–H groups in total. The van der Waals surface area contributed by atoms with Crippen molar-refractivity contribution in [3.63, 3.8) is 0 Å². The molecule has 1 aliphatic rings. The lowest BCUT2D eigenvalue weighted by Gasteiger charge is -2.09. The summed E-state index contributed by atoms with van der Waals surface area (Å²) in [4.78, 5) is 0. The Morgan fingerprint density at radius 1 is 1.47 bits per heavy atom. The summed E-state index contributed by atoms with van der Waals surface area (Å²) in [6.45, 7) is 1.50. The Morgan fingerprint density at radius 3 is 2.93 bits per heavy atom. The fourth-order valence-corrected chi connectivity index (χ4v) is 1.71. The number of ether oxygens (including phenoxy) is 1. The minimum Gasteiger partial charge on any atom is -0.492 e. The Bertz CT molecular complexity index is 341. The first-order chi connectivity index (χ1) is 7.29. The third-order valence-corrected chi connectivity index (χ3v) is 2.92. The van der Waals surface area contributed by atoms with Gasteiger partial charge >= 0.3 is 0 Å². The van der Waals surface area contributed by atoms with Crippen LogP contribution in [0.2, 0.25) is 5.02 Å². The van der Waals surface area contributed by atoms with Crippen molar-refractivity contribution < 1.29 is 4.74 Å². The standard InChI is InChI=1S/C11H14ClNOS/c12-10-4-3-9(6-13-15)5-11(10)14-7-8-1-2-8/h3-5,8,13,15H,1-2,6-7H2. The lowest BCUT2D eigenvalue weighted by molar-refractivity contribution is 0.299. The number of hydrogen-bond donors (Lipinski definition) is 2. The Balaban J connectivity index is 2.01. The van der Waals surface area contributed by atoms with Gasteiger partial charge in [-0.3, -0.25) is 4.72 Å². The number of benzene rings is 1. The van der Waals surface area contributed by atoms with E-state index in [-0.39, 0.29) is 0 Å². The predicted molar refractivity (Wildman–Crippen MR) is 65.5 cm³/mol. The Hall–Kier alpha value is -0.380. The molecule has 0 heterocycles. The van der Waals surface area contributed by atoms with E-state index < -0.39 is 0 Å². The second-order valence-electron chi connectivity index (χ2n) is 3.85. The summed E-state index contributed by atoms with van der Waals surface area (Å²) in [6.07, 6.45) is 2.57. The van der Waals surface area contributed by atoms with Gasteiger partial charge in [0.2, 0.25) is 0 Å². The highest BCUT2D eigenvalue weighted by Gasteiger charge is 2.22. The van der Waals surface area contributed by atoms with Crippen molar-refractivity contribution in [3.8, 4) is 5.75 Å². The van der Waals surface area contributed by atoms with Gasteiger partial charge in [0.05, 0.1) is 11.6 Å². The van der Waals surface area contributed by atoms with Crippen molar-refractivity contribution in [1.82, 2.24) is 4.72 Å². The molecule has 1 aromatic carbocycles. The first kappa shape index (κ1) is 11.1. The molecule has 2 nitrogen and oxygen atoms in total. The monoisotopic (exact) mass is 243 g/mol. The van der Waals surface area contributed by atoms with Gasteiger partial charge in [-0.25, -0.2) is 0 Å². The van der Waals surface area contributed by atoms with Gasteiger partial charge in [0.15, 0.2) is 0 Å². The van der Waals surface area contributed by atoms with E-state index in [9.17, 15) is 0 Å². The highest BCUT2D eigenvalue weighted by atomic mass is 35.5. The van der Waals surface area contributed by atoms with Crippen molar-refractivity contribution in [2.45, 2.75) is 19.4 Å². The molecule has 1 fully saturated rings. The van der Waals surface area contributed by atoms with Crippen LogP contribution in [-0.4, -0.2) is 6.61 Å². The fraction of sp³-hybridized carbons (Fsp3) is 0.455. The molecular weight excluding hydrogens is 230 g/mol. The SMILES string of the molecule is SNCc1ccc(Cl)c(OCC2CC2)c1. The molecule has 0 bridgehead atoms. The quantitative estimate of drug-likeness (QED) is 0.776. The molecule has 4 heteroatoms. The zero-order chi connectivity index (χ0) is 10.7. The topological polar surface area (TPSA) is 21.3 Å². The molecule has 1 saturated carbocycles. The van der Waals surface area contributed by atoms with E-state index in [0.717, 1.165) is 23.8 Å². The smallest absolute Gasteiger partial charge is 0.138 e. The summed E-state index contributed by atoms with van der Waals surface area (Å²) in [6, 6.07) is 5.80. The van der Waals surface area contributed by atoms with Gasteiger partial charge in [0.1, 0.15) is 5.75 Å². The Kier molecular flexibility index (Phi) is 3.78. The minimum absolute atomic E-state index is 0.679. The molecule has 82 valence electrons. The second kappa shape index (κ2) is 5.10. The normalized spacial score (nSPS) is 15.3. The van der Waals surface area contributed by atoms with Crippen molar-refractivity contribution in [3.05, 3.63) is 28.8 Å². The molecule has 0 radical (unpaired) electrons. The number of nitrogens with one attached hydrogen (secondary N) is 1. The van der Waals surface area contributed by atoms with Crippen molar-refractivity contribution in [1.29, 1.82) is 0 Å². The highest BCUT2D eigenvalue weighted by Crippen LogP contribution is 2.32. The van der Waals surface area contributed by atoms with Crippen LogP contribution in [0.1, 0.15) is 18.4 Å². The second-order valence-corrected chi connectivity index (χ2v) is 4.58. The van der Waals surface area contributed by atoms with Crippen molar-refractivity contribution in [2.75, 3.05) is 6.61 Å². The van der Waals surface area contributed by atoms with Gasteiger partial charge in [-0.2, -0.15) is 0 Å². The van der Waals surface area contributed by atoms with E-state index in [1.165, 1.54) is 12.8 Å². The van der Waals surface area contributed by atoms with Gasteiger partial charge < -0.3 is 4.74 Å². The summed E-state index contributed by atoms with van der Waals surface area (Å²) in [5.74, 6) is 1.53. The minimum atomic E-state index is 0.679. The summed E-state index contributed by atoms with van der Waals surface area (Å²) < 4.78 is 8.47. The molecule has 0 saturated heterocycles. The molecule has 0 amide bonds. The lowest BCUT2D eigenvalue weighted by Crippen LogP contribution is -2.02. The fourth-order valence-electron chi connectivity index (χ4n) is 1.35. The third kappa shape index (κ3) is 3.30. The number of hydrogen-bond acceptors (Lipinski definition) is 3. The summed E-state index contributed by atoms with van der Waals surface area (Å²) in [7, 11) is 0. The van der Waals surface area contributed by atoms with Crippen LogP contribution in [0, 0.1) is 5.92 Å². The maximum absolute atomic E-state index is 6.04. The highest BCUT2D eigenvalue weighted by molar-refractivity contribution is 7.78. The number of halogens is 1.